The molecule has 0 aromatic heterocycles. The van der Waals surface area contributed by atoms with Crippen molar-refractivity contribution in [1.82, 2.24) is 0 Å². The molecule has 0 aliphatic heterocycles. The normalized spacial score (nSPS) is 39.5. The van der Waals surface area contributed by atoms with Crippen molar-refractivity contribution in [3.05, 3.63) is 0 Å². The highest BCUT2D eigenvalue weighted by Crippen LogP contribution is 2.32. The zero-order valence-corrected chi connectivity index (χ0v) is 7.66. The molecule has 0 spiro atoms. The van der Waals surface area contributed by atoms with E-state index in [0.717, 1.165) is 25.7 Å². The van der Waals surface area contributed by atoms with Gasteiger partial charge in [0.1, 0.15) is 0 Å². The molecule has 1 aliphatic rings. The molecule has 1 fully saturated rings. The molecule has 12 heavy (non-hydrogen) atoms. The van der Waals surface area contributed by atoms with Crippen LogP contribution in [-0.2, 0) is 0 Å². The molecule has 1 aliphatic carbocycles. The first-order chi connectivity index (χ1) is 5.55. The van der Waals surface area contributed by atoms with Gasteiger partial charge in [-0.25, -0.2) is 0 Å². The van der Waals surface area contributed by atoms with Crippen molar-refractivity contribution >= 4 is 0 Å². The third-order valence-electron chi connectivity index (χ3n) is 2.92. The van der Waals surface area contributed by atoms with Gasteiger partial charge in [0.25, 0.3) is 0 Å². The Labute approximate surface area is 73.6 Å². The summed E-state index contributed by atoms with van der Waals surface area (Å²) < 4.78 is 0. The van der Waals surface area contributed by atoms with Gasteiger partial charge < -0.3 is 15.9 Å². The van der Waals surface area contributed by atoms with E-state index in [1.54, 1.807) is 0 Å². The SMILES string of the molecule is CC1(O)CCC(C(N)CO)CC1. The molecule has 3 nitrogen and oxygen atoms in total. The van der Waals surface area contributed by atoms with E-state index < -0.39 is 5.60 Å². The summed E-state index contributed by atoms with van der Waals surface area (Å²) in [5.41, 5.74) is 5.21. The van der Waals surface area contributed by atoms with Crippen LogP contribution in [0.2, 0.25) is 0 Å². The fraction of sp³-hybridized carbons (Fsp3) is 1.00. The summed E-state index contributed by atoms with van der Waals surface area (Å²) in [7, 11) is 0. The summed E-state index contributed by atoms with van der Waals surface area (Å²) in [6.45, 7) is 1.93. The van der Waals surface area contributed by atoms with Crippen molar-refractivity contribution < 1.29 is 10.2 Å². The second-order valence-electron chi connectivity index (χ2n) is 4.18. The van der Waals surface area contributed by atoms with E-state index in [0.29, 0.717) is 5.92 Å². The largest absolute Gasteiger partial charge is 0.395 e. The Morgan fingerprint density at radius 1 is 1.50 bits per heavy atom. The molecule has 1 atom stereocenters. The van der Waals surface area contributed by atoms with Gasteiger partial charge in [0.2, 0.25) is 0 Å². The van der Waals surface area contributed by atoms with Gasteiger partial charge in [0.15, 0.2) is 0 Å². The predicted molar refractivity (Wildman–Crippen MR) is 47.6 cm³/mol. The van der Waals surface area contributed by atoms with Crippen LogP contribution in [0.1, 0.15) is 32.6 Å². The van der Waals surface area contributed by atoms with Crippen LogP contribution < -0.4 is 5.73 Å². The summed E-state index contributed by atoms with van der Waals surface area (Å²) in [4.78, 5) is 0. The zero-order chi connectivity index (χ0) is 9.19. The van der Waals surface area contributed by atoms with Gasteiger partial charge in [-0.3, -0.25) is 0 Å². The first kappa shape index (κ1) is 9.96. The van der Waals surface area contributed by atoms with Crippen LogP contribution in [0.5, 0.6) is 0 Å². The summed E-state index contributed by atoms with van der Waals surface area (Å²) >= 11 is 0. The molecule has 0 amide bonds. The van der Waals surface area contributed by atoms with Crippen molar-refractivity contribution in [3.8, 4) is 0 Å². The Kier molecular flexibility index (Phi) is 3.09. The van der Waals surface area contributed by atoms with Crippen LogP contribution in [0.4, 0.5) is 0 Å². The minimum Gasteiger partial charge on any atom is -0.395 e. The highest BCUT2D eigenvalue weighted by atomic mass is 16.3. The molecule has 1 rings (SSSR count). The van der Waals surface area contributed by atoms with E-state index in [9.17, 15) is 5.11 Å². The van der Waals surface area contributed by atoms with Crippen LogP contribution in [0.25, 0.3) is 0 Å². The predicted octanol–water partition coefficient (Wildman–Crippen LogP) is 0.247. The quantitative estimate of drug-likeness (QED) is 0.560. The molecule has 0 heterocycles. The van der Waals surface area contributed by atoms with Crippen molar-refractivity contribution in [2.45, 2.75) is 44.2 Å². The van der Waals surface area contributed by atoms with E-state index in [-0.39, 0.29) is 12.6 Å². The Morgan fingerprint density at radius 3 is 2.42 bits per heavy atom. The number of nitrogens with two attached hydrogens (primary N) is 1. The fourth-order valence-corrected chi connectivity index (χ4v) is 1.84. The molecule has 4 N–H and O–H groups in total. The minimum absolute atomic E-state index is 0.0623. The lowest BCUT2D eigenvalue weighted by molar-refractivity contribution is 0.00161. The lowest BCUT2D eigenvalue weighted by Gasteiger charge is -2.35. The van der Waals surface area contributed by atoms with Crippen molar-refractivity contribution in [2.24, 2.45) is 11.7 Å². The van der Waals surface area contributed by atoms with E-state index in [4.69, 9.17) is 10.8 Å². The van der Waals surface area contributed by atoms with Gasteiger partial charge in [0.05, 0.1) is 12.2 Å². The minimum atomic E-state index is -0.494. The highest BCUT2D eigenvalue weighted by molar-refractivity contribution is 4.85. The second kappa shape index (κ2) is 3.73. The molecule has 3 heteroatoms. The van der Waals surface area contributed by atoms with Crippen molar-refractivity contribution in [3.63, 3.8) is 0 Å². The average Bonchev–Trinajstić information content (AvgIpc) is 2.03. The van der Waals surface area contributed by atoms with Crippen LogP contribution >= 0.6 is 0 Å². The molecule has 0 bridgehead atoms. The average molecular weight is 173 g/mol. The Bertz CT molecular complexity index is 137. The summed E-state index contributed by atoms with van der Waals surface area (Å²) in [6.07, 6.45) is 3.50. The Balaban J connectivity index is 2.36. The standard InChI is InChI=1S/C9H19NO2/c1-9(12)4-2-7(3-5-9)8(10)6-11/h7-8,11-12H,2-6,10H2,1H3. The molecular weight excluding hydrogens is 154 g/mol. The summed E-state index contributed by atoms with van der Waals surface area (Å²) in [5, 5.41) is 18.5. The molecule has 0 saturated heterocycles. The monoisotopic (exact) mass is 173 g/mol. The molecule has 1 saturated carbocycles. The topological polar surface area (TPSA) is 66.5 Å². The molecule has 1 unspecified atom stereocenters. The van der Waals surface area contributed by atoms with Gasteiger partial charge in [-0.15, -0.1) is 0 Å². The molecule has 0 aromatic carbocycles. The zero-order valence-electron chi connectivity index (χ0n) is 7.66. The van der Waals surface area contributed by atoms with Gasteiger partial charge in [0, 0.05) is 6.04 Å². The molecular formula is C9H19NO2. The second-order valence-corrected chi connectivity index (χ2v) is 4.18. The smallest absolute Gasteiger partial charge is 0.0620 e. The first-order valence-corrected chi connectivity index (χ1v) is 4.64. The first-order valence-electron chi connectivity index (χ1n) is 4.64. The summed E-state index contributed by atoms with van der Waals surface area (Å²) in [6, 6.07) is -0.0962. The van der Waals surface area contributed by atoms with Gasteiger partial charge in [-0.1, -0.05) is 0 Å². The maximum Gasteiger partial charge on any atom is 0.0620 e. The van der Waals surface area contributed by atoms with Crippen molar-refractivity contribution in [2.75, 3.05) is 6.61 Å². The number of aliphatic hydroxyl groups is 2. The van der Waals surface area contributed by atoms with E-state index >= 15 is 0 Å². The maximum atomic E-state index is 9.64. The van der Waals surface area contributed by atoms with E-state index in [2.05, 4.69) is 0 Å². The Morgan fingerprint density at radius 2 is 2.00 bits per heavy atom. The number of aliphatic hydroxyl groups excluding tert-OH is 1. The molecule has 0 radical (unpaired) electrons. The van der Waals surface area contributed by atoms with Crippen LogP contribution in [-0.4, -0.2) is 28.5 Å². The van der Waals surface area contributed by atoms with Crippen LogP contribution in [0.15, 0.2) is 0 Å². The highest BCUT2D eigenvalue weighted by Gasteiger charge is 2.30. The number of hydrogen-bond acceptors (Lipinski definition) is 3. The van der Waals surface area contributed by atoms with E-state index in [1.807, 2.05) is 6.92 Å². The maximum absolute atomic E-state index is 9.64. The lowest BCUT2D eigenvalue weighted by Crippen LogP contribution is -2.40. The van der Waals surface area contributed by atoms with Crippen LogP contribution in [0.3, 0.4) is 0 Å². The molecule has 0 aromatic rings. The van der Waals surface area contributed by atoms with E-state index in [1.165, 1.54) is 0 Å². The number of hydrogen-bond donors (Lipinski definition) is 3. The van der Waals surface area contributed by atoms with Crippen molar-refractivity contribution in [1.29, 1.82) is 0 Å². The third kappa shape index (κ3) is 2.44. The van der Waals surface area contributed by atoms with Gasteiger partial charge in [-0.05, 0) is 38.5 Å². The Hall–Kier alpha value is -0.120. The van der Waals surface area contributed by atoms with Gasteiger partial charge >= 0.3 is 0 Å². The van der Waals surface area contributed by atoms with Crippen LogP contribution in [0, 0.1) is 5.92 Å². The summed E-state index contributed by atoms with van der Waals surface area (Å²) in [5.74, 6) is 0.398. The van der Waals surface area contributed by atoms with Gasteiger partial charge in [-0.2, -0.15) is 0 Å². The third-order valence-corrected chi connectivity index (χ3v) is 2.92. The fourth-order valence-electron chi connectivity index (χ4n) is 1.84. The number of rotatable bonds is 2. The molecule has 72 valence electrons. The lowest BCUT2D eigenvalue weighted by atomic mass is 9.77.